The lowest BCUT2D eigenvalue weighted by atomic mass is 9.74. The smallest absolute Gasteiger partial charge is 0.408 e. The third kappa shape index (κ3) is 3.35. The Morgan fingerprint density at radius 3 is 2.47 bits per heavy atom. The van der Waals surface area contributed by atoms with Crippen molar-refractivity contribution in [1.82, 2.24) is 5.32 Å². The minimum Gasteiger partial charge on any atom is -0.445 e. The van der Waals surface area contributed by atoms with Gasteiger partial charge in [0.15, 0.2) is 5.78 Å². The number of alkyl halides is 1. The number of rotatable bonds is 5. The van der Waals surface area contributed by atoms with E-state index in [9.17, 15) is 9.59 Å². The number of carbonyl (C=O) groups is 2. The molecule has 2 rings (SSSR count). The van der Waals surface area contributed by atoms with Crippen molar-refractivity contribution >= 4 is 27.8 Å². The molecule has 0 bridgehead atoms. The minimum absolute atomic E-state index is 0.00964. The van der Waals surface area contributed by atoms with E-state index in [4.69, 9.17) is 4.74 Å². The van der Waals surface area contributed by atoms with E-state index in [-0.39, 0.29) is 17.7 Å². The van der Waals surface area contributed by atoms with Gasteiger partial charge in [-0.3, -0.25) is 4.79 Å². The summed E-state index contributed by atoms with van der Waals surface area (Å²) in [5.74, 6) is 0.00964. The first-order valence-electron chi connectivity index (χ1n) is 6.24. The molecule has 0 heterocycles. The summed E-state index contributed by atoms with van der Waals surface area (Å²) in [5, 5.41) is 2.97. The number of hydrogen-bond donors (Lipinski definition) is 1. The van der Waals surface area contributed by atoms with Crippen molar-refractivity contribution < 1.29 is 14.3 Å². The van der Waals surface area contributed by atoms with Gasteiger partial charge >= 0.3 is 6.09 Å². The third-order valence-corrected chi connectivity index (χ3v) is 3.93. The van der Waals surface area contributed by atoms with Gasteiger partial charge in [0.2, 0.25) is 0 Å². The molecule has 1 aromatic carbocycles. The van der Waals surface area contributed by atoms with Crippen molar-refractivity contribution in [3.63, 3.8) is 0 Å². The molecule has 1 N–H and O–H groups in total. The van der Waals surface area contributed by atoms with Gasteiger partial charge in [0.1, 0.15) is 12.1 Å². The van der Waals surface area contributed by atoms with Crippen molar-refractivity contribution in [2.24, 2.45) is 0 Å². The molecule has 0 aromatic heterocycles. The summed E-state index contributed by atoms with van der Waals surface area (Å²) in [5.41, 5.74) is 0.212. The Balaban J connectivity index is 1.85. The Morgan fingerprint density at radius 1 is 1.26 bits per heavy atom. The predicted molar refractivity (Wildman–Crippen MR) is 75.1 cm³/mol. The first kappa shape index (κ1) is 14.1. The lowest BCUT2D eigenvalue weighted by Crippen LogP contribution is -2.59. The highest BCUT2D eigenvalue weighted by Gasteiger charge is 2.44. The number of nitrogens with one attached hydrogen (secondary N) is 1. The molecule has 1 amide bonds. The van der Waals surface area contributed by atoms with Crippen molar-refractivity contribution in [2.75, 3.05) is 5.33 Å². The fraction of sp³-hybridized carbons (Fsp3) is 0.429. The van der Waals surface area contributed by atoms with E-state index in [1.165, 1.54) is 0 Å². The Kier molecular flexibility index (Phi) is 4.58. The van der Waals surface area contributed by atoms with Gasteiger partial charge in [-0.25, -0.2) is 4.79 Å². The largest absolute Gasteiger partial charge is 0.445 e. The number of carbonyl (C=O) groups excluding carboxylic acids is 2. The highest BCUT2D eigenvalue weighted by atomic mass is 79.9. The fourth-order valence-corrected chi connectivity index (χ4v) is 2.62. The van der Waals surface area contributed by atoms with Crippen LogP contribution in [0.3, 0.4) is 0 Å². The number of ketones is 1. The Bertz CT molecular complexity index is 457. The molecule has 0 spiro atoms. The average molecular weight is 326 g/mol. The number of halogens is 1. The highest BCUT2D eigenvalue weighted by molar-refractivity contribution is 9.09. The first-order chi connectivity index (χ1) is 9.16. The number of Topliss-reactive ketones (excluding diaryl/α,β-unsaturated/α-hetero) is 1. The van der Waals surface area contributed by atoms with Crippen LogP contribution in [0.15, 0.2) is 30.3 Å². The van der Waals surface area contributed by atoms with E-state index < -0.39 is 11.6 Å². The highest BCUT2D eigenvalue weighted by Crippen LogP contribution is 2.33. The zero-order valence-electron chi connectivity index (χ0n) is 10.5. The van der Waals surface area contributed by atoms with Crippen molar-refractivity contribution in [1.29, 1.82) is 0 Å². The standard InChI is InChI=1S/C14H16BrNO3/c15-9-12(17)14(7-4-8-14)16-13(18)19-10-11-5-2-1-3-6-11/h1-3,5-6H,4,7-10H2,(H,16,18). The summed E-state index contributed by atoms with van der Waals surface area (Å²) in [4.78, 5) is 23.6. The van der Waals surface area contributed by atoms with Crippen LogP contribution < -0.4 is 5.32 Å². The van der Waals surface area contributed by atoms with Crippen LogP contribution in [-0.2, 0) is 16.1 Å². The second-order valence-electron chi connectivity index (χ2n) is 4.68. The summed E-state index contributed by atoms with van der Waals surface area (Å²) in [6, 6.07) is 9.45. The van der Waals surface area contributed by atoms with Crippen LogP contribution in [0, 0.1) is 0 Å². The maximum Gasteiger partial charge on any atom is 0.408 e. The van der Waals surface area contributed by atoms with Gasteiger partial charge in [0, 0.05) is 0 Å². The molecular weight excluding hydrogens is 310 g/mol. The van der Waals surface area contributed by atoms with Crippen LogP contribution in [0.25, 0.3) is 0 Å². The summed E-state index contributed by atoms with van der Waals surface area (Å²) in [6.07, 6.45) is 1.81. The topological polar surface area (TPSA) is 55.4 Å². The zero-order valence-corrected chi connectivity index (χ0v) is 12.1. The monoisotopic (exact) mass is 325 g/mol. The molecule has 1 fully saturated rings. The van der Waals surface area contributed by atoms with Crippen molar-refractivity contribution in [3.05, 3.63) is 35.9 Å². The van der Waals surface area contributed by atoms with E-state index in [2.05, 4.69) is 21.2 Å². The second kappa shape index (κ2) is 6.19. The summed E-state index contributed by atoms with van der Waals surface area (Å²) < 4.78 is 5.14. The molecule has 1 aromatic rings. The molecule has 0 atom stereocenters. The second-order valence-corrected chi connectivity index (χ2v) is 5.24. The van der Waals surface area contributed by atoms with Crippen molar-refractivity contribution in [3.8, 4) is 0 Å². The molecule has 1 saturated carbocycles. The van der Waals surface area contributed by atoms with Crippen LogP contribution in [0.2, 0.25) is 0 Å². The minimum atomic E-state index is -0.711. The Labute approximate surface area is 120 Å². The van der Waals surface area contributed by atoms with Crippen LogP contribution in [0.4, 0.5) is 4.79 Å². The molecule has 0 radical (unpaired) electrons. The van der Waals surface area contributed by atoms with Crippen LogP contribution in [0.5, 0.6) is 0 Å². The van der Waals surface area contributed by atoms with Gasteiger partial charge in [0.05, 0.1) is 5.33 Å². The quantitative estimate of drug-likeness (QED) is 0.847. The van der Waals surface area contributed by atoms with Gasteiger partial charge in [0.25, 0.3) is 0 Å². The van der Waals surface area contributed by atoms with Crippen LogP contribution in [-0.4, -0.2) is 22.7 Å². The number of hydrogen-bond acceptors (Lipinski definition) is 3. The molecule has 19 heavy (non-hydrogen) atoms. The fourth-order valence-electron chi connectivity index (χ4n) is 2.09. The molecular formula is C14H16BrNO3. The third-order valence-electron chi connectivity index (χ3n) is 3.42. The molecule has 0 saturated heterocycles. The van der Waals surface area contributed by atoms with Gasteiger partial charge in [-0.05, 0) is 24.8 Å². The van der Waals surface area contributed by atoms with Gasteiger partial charge in [-0.1, -0.05) is 46.3 Å². The Hall–Kier alpha value is -1.36. The first-order valence-corrected chi connectivity index (χ1v) is 7.36. The molecule has 0 aliphatic heterocycles. The Morgan fingerprint density at radius 2 is 1.95 bits per heavy atom. The van der Waals surface area contributed by atoms with Gasteiger partial charge in [-0.2, -0.15) is 0 Å². The zero-order chi connectivity index (χ0) is 13.7. The normalized spacial score (nSPS) is 16.3. The lowest BCUT2D eigenvalue weighted by Gasteiger charge is -2.40. The SMILES string of the molecule is O=C(NC1(C(=O)CBr)CCC1)OCc1ccccc1. The average Bonchev–Trinajstić information content (AvgIpc) is 2.41. The van der Waals surface area contributed by atoms with Crippen molar-refractivity contribution in [2.45, 2.75) is 31.4 Å². The van der Waals surface area contributed by atoms with E-state index in [0.29, 0.717) is 12.8 Å². The summed E-state index contributed by atoms with van der Waals surface area (Å²) in [7, 11) is 0. The maximum absolute atomic E-state index is 11.8. The number of ether oxygens (including phenoxy) is 1. The summed E-state index contributed by atoms with van der Waals surface area (Å²) >= 11 is 3.15. The molecule has 1 aliphatic carbocycles. The molecule has 1 aliphatic rings. The van der Waals surface area contributed by atoms with E-state index in [1.807, 2.05) is 30.3 Å². The van der Waals surface area contributed by atoms with Gasteiger partial charge in [-0.15, -0.1) is 0 Å². The van der Waals surface area contributed by atoms with E-state index >= 15 is 0 Å². The summed E-state index contributed by atoms with van der Waals surface area (Å²) in [6.45, 7) is 0.214. The molecule has 5 heteroatoms. The predicted octanol–water partition coefficient (Wildman–Crippen LogP) is 2.80. The molecule has 4 nitrogen and oxygen atoms in total. The van der Waals surface area contributed by atoms with E-state index in [1.54, 1.807) is 0 Å². The van der Waals surface area contributed by atoms with Gasteiger partial charge < -0.3 is 10.1 Å². The number of alkyl carbamates (subject to hydrolysis) is 1. The van der Waals surface area contributed by atoms with Crippen LogP contribution in [0.1, 0.15) is 24.8 Å². The van der Waals surface area contributed by atoms with E-state index in [0.717, 1.165) is 12.0 Å². The number of amides is 1. The lowest BCUT2D eigenvalue weighted by molar-refractivity contribution is -0.125. The maximum atomic E-state index is 11.8. The molecule has 0 unspecified atom stereocenters. The van der Waals surface area contributed by atoms with Crippen LogP contribution >= 0.6 is 15.9 Å². The number of benzene rings is 1. The molecule has 102 valence electrons.